The van der Waals surface area contributed by atoms with Gasteiger partial charge in [0.1, 0.15) is 0 Å². The van der Waals surface area contributed by atoms with Crippen LogP contribution in [-0.2, 0) is 4.79 Å². The summed E-state index contributed by atoms with van der Waals surface area (Å²) >= 11 is 0. The highest BCUT2D eigenvalue weighted by atomic mass is 16.2. The van der Waals surface area contributed by atoms with E-state index in [1.807, 2.05) is 13.8 Å². The Hall–Kier alpha value is -1.42. The summed E-state index contributed by atoms with van der Waals surface area (Å²) in [7, 11) is 1.75. The highest BCUT2D eigenvalue weighted by Crippen LogP contribution is 2.13. The summed E-state index contributed by atoms with van der Waals surface area (Å²) < 4.78 is 0. The SMILES string of the molecule is CC(C)C(N)CC(=O)N(C)c1ccncc1. The number of pyridine rings is 1. The lowest BCUT2D eigenvalue weighted by atomic mass is 10.0. The van der Waals surface area contributed by atoms with E-state index in [0.29, 0.717) is 12.3 Å². The Kier molecular flexibility index (Phi) is 4.43. The van der Waals surface area contributed by atoms with Crippen molar-refractivity contribution >= 4 is 11.6 Å². The molecule has 1 heterocycles. The summed E-state index contributed by atoms with van der Waals surface area (Å²) in [6.45, 7) is 4.04. The lowest BCUT2D eigenvalue weighted by Gasteiger charge is -2.21. The van der Waals surface area contributed by atoms with Crippen LogP contribution in [0.4, 0.5) is 5.69 Å². The second-order valence-corrected chi connectivity index (χ2v) is 4.27. The van der Waals surface area contributed by atoms with E-state index in [9.17, 15) is 4.79 Å². The van der Waals surface area contributed by atoms with Crippen LogP contribution in [-0.4, -0.2) is 24.0 Å². The minimum absolute atomic E-state index is 0.0346. The molecular formula is C12H19N3O. The number of aromatic nitrogens is 1. The van der Waals surface area contributed by atoms with Gasteiger partial charge in [-0.1, -0.05) is 13.8 Å². The van der Waals surface area contributed by atoms with E-state index < -0.39 is 0 Å². The van der Waals surface area contributed by atoms with Crippen LogP contribution in [0.1, 0.15) is 20.3 Å². The molecule has 1 unspecified atom stereocenters. The molecule has 0 aliphatic carbocycles. The summed E-state index contributed by atoms with van der Waals surface area (Å²) in [6.07, 6.45) is 3.71. The molecule has 4 nitrogen and oxygen atoms in total. The van der Waals surface area contributed by atoms with Crippen molar-refractivity contribution in [1.82, 2.24) is 4.98 Å². The van der Waals surface area contributed by atoms with E-state index in [0.717, 1.165) is 5.69 Å². The Morgan fingerprint density at radius 2 is 2.00 bits per heavy atom. The van der Waals surface area contributed by atoms with Gasteiger partial charge in [-0.25, -0.2) is 0 Å². The number of anilines is 1. The third kappa shape index (κ3) is 3.31. The molecule has 1 atom stereocenters. The number of hydrogen-bond acceptors (Lipinski definition) is 3. The maximum Gasteiger partial charge on any atom is 0.228 e. The van der Waals surface area contributed by atoms with Gasteiger partial charge in [-0.3, -0.25) is 9.78 Å². The van der Waals surface area contributed by atoms with Crippen LogP contribution in [0.2, 0.25) is 0 Å². The predicted molar refractivity (Wildman–Crippen MR) is 65.1 cm³/mol. The van der Waals surface area contributed by atoms with Gasteiger partial charge < -0.3 is 10.6 Å². The van der Waals surface area contributed by atoms with Crippen LogP contribution in [0.25, 0.3) is 0 Å². The van der Waals surface area contributed by atoms with E-state index in [-0.39, 0.29) is 11.9 Å². The lowest BCUT2D eigenvalue weighted by Crippen LogP contribution is -2.36. The van der Waals surface area contributed by atoms with Crippen molar-refractivity contribution < 1.29 is 4.79 Å². The first-order chi connectivity index (χ1) is 7.52. The molecule has 4 heteroatoms. The molecule has 16 heavy (non-hydrogen) atoms. The highest BCUT2D eigenvalue weighted by molar-refractivity contribution is 5.93. The largest absolute Gasteiger partial charge is 0.327 e. The van der Waals surface area contributed by atoms with E-state index in [1.54, 1.807) is 36.5 Å². The molecule has 1 rings (SSSR count). The van der Waals surface area contributed by atoms with Gasteiger partial charge >= 0.3 is 0 Å². The fourth-order valence-corrected chi connectivity index (χ4v) is 1.29. The summed E-state index contributed by atoms with van der Waals surface area (Å²) in [5.41, 5.74) is 6.72. The first-order valence-electron chi connectivity index (χ1n) is 5.44. The Bertz CT molecular complexity index is 337. The van der Waals surface area contributed by atoms with Gasteiger partial charge in [0, 0.05) is 37.6 Å². The smallest absolute Gasteiger partial charge is 0.228 e. The fraction of sp³-hybridized carbons (Fsp3) is 0.500. The molecular weight excluding hydrogens is 202 g/mol. The maximum absolute atomic E-state index is 11.9. The molecule has 1 amide bonds. The highest BCUT2D eigenvalue weighted by Gasteiger charge is 2.16. The number of nitrogens with zero attached hydrogens (tertiary/aromatic N) is 2. The van der Waals surface area contributed by atoms with Crippen LogP contribution in [0.3, 0.4) is 0 Å². The molecule has 2 N–H and O–H groups in total. The molecule has 88 valence electrons. The van der Waals surface area contributed by atoms with Crippen LogP contribution in [0, 0.1) is 5.92 Å². The van der Waals surface area contributed by atoms with Gasteiger partial charge in [-0.15, -0.1) is 0 Å². The molecule has 0 aliphatic heterocycles. The number of carbonyl (C=O) groups is 1. The first-order valence-corrected chi connectivity index (χ1v) is 5.44. The zero-order chi connectivity index (χ0) is 12.1. The van der Waals surface area contributed by atoms with Crippen molar-refractivity contribution in [3.8, 4) is 0 Å². The number of nitrogens with two attached hydrogens (primary N) is 1. The number of hydrogen-bond donors (Lipinski definition) is 1. The van der Waals surface area contributed by atoms with E-state index in [1.165, 1.54) is 0 Å². The average Bonchev–Trinajstić information content (AvgIpc) is 2.28. The number of rotatable bonds is 4. The van der Waals surface area contributed by atoms with E-state index in [2.05, 4.69) is 4.98 Å². The minimum atomic E-state index is -0.0863. The molecule has 0 fully saturated rings. The Balaban J connectivity index is 2.62. The molecule has 0 aliphatic rings. The fourth-order valence-electron chi connectivity index (χ4n) is 1.29. The second kappa shape index (κ2) is 5.61. The zero-order valence-electron chi connectivity index (χ0n) is 10.1. The average molecular weight is 221 g/mol. The lowest BCUT2D eigenvalue weighted by molar-refractivity contribution is -0.118. The molecule has 0 bridgehead atoms. The summed E-state index contributed by atoms with van der Waals surface area (Å²) in [5, 5.41) is 0. The number of amides is 1. The minimum Gasteiger partial charge on any atom is -0.327 e. The molecule has 1 aromatic rings. The maximum atomic E-state index is 11.9. The Morgan fingerprint density at radius 1 is 1.44 bits per heavy atom. The normalized spacial score (nSPS) is 12.6. The first kappa shape index (κ1) is 12.6. The van der Waals surface area contributed by atoms with Crippen LogP contribution < -0.4 is 10.6 Å². The zero-order valence-corrected chi connectivity index (χ0v) is 10.1. The molecule has 0 aromatic carbocycles. The van der Waals surface area contributed by atoms with Crippen molar-refractivity contribution in [2.45, 2.75) is 26.3 Å². The molecule has 0 spiro atoms. The predicted octanol–water partition coefficient (Wildman–Crippen LogP) is 1.42. The van der Waals surface area contributed by atoms with Crippen molar-refractivity contribution in [3.63, 3.8) is 0 Å². The molecule has 0 saturated carbocycles. The van der Waals surface area contributed by atoms with Crippen molar-refractivity contribution in [2.75, 3.05) is 11.9 Å². The quantitative estimate of drug-likeness (QED) is 0.836. The Morgan fingerprint density at radius 3 is 2.50 bits per heavy atom. The molecule has 0 saturated heterocycles. The Labute approximate surface area is 96.5 Å². The van der Waals surface area contributed by atoms with Gasteiger partial charge in [-0.05, 0) is 18.1 Å². The second-order valence-electron chi connectivity index (χ2n) is 4.27. The third-order valence-electron chi connectivity index (χ3n) is 2.69. The topological polar surface area (TPSA) is 59.2 Å². The van der Waals surface area contributed by atoms with Crippen molar-refractivity contribution in [2.24, 2.45) is 11.7 Å². The van der Waals surface area contributed by atoms with Crippen molar-refractivity contribution in [1.29, 1.82) is 0 Å². The number of carbonyl (C=O) groups excluding carboxylic acids is 1. The van der Waals surface area contributed by atoms with Gasteiger partial charge in [-0.2, -0.15) is 0 Å². The van der Waals surface area contributed by atoms with E-state index in [4.69, 9.17) is 5.73 Å². The van der Waals surface area contributed by atoms with Gasteiger partial charge in [0.2, 0.25) is 5.91 Å². The summed E-state index contributed by atoms with van der Waals surface area (Å²) in [5.74, 6) is 0.349. The summed E-state index contributed by atoms with van der Waals surface area (Å²) in [6, 6.07) is 3.52. The van der Waals surface area contributed by atoms with Crippen LogP contribution >= 0.6 is 0 Å². The van der Waals surface area contributed by atoms with Crippen LogP contribution in [0.5, 0.6) is 0 Å². The van der Waals surface area contributed by atoms with Gasteiger partial charge in [0.25, 0.3) is 0 Å². The molecule has 0 radical (unpaired) electrons. The van der Waals surface area contributed by atoms with Crippen LogP contribution in [0.15, 0.2) is 24.5 Å². The van der Waals surface area contributed by atoms with Crippen molar-refractivity contribution in [3.05, 3.63) is 24.5 Å². The standard InChI is InChI=1S/C12H19N3O/c1-9(2)11(13)8-12(16)15(3)10-4-6-14-7-5-10/h4-7,9,11H,8,13H2,1-3H3. The van der Waals surface area contributed by atoms with E-state index >= 15 is 0 Å². The van der Waals surface area contributed by atoms with Gasteiger partial charge in [0.05, 0.1) is 0 Å². The third-order valence-corrected chi connectivity index (χ3v) is 2.69. The molecule has 1 aromatic heterocycles. The monoisotopic (exact) mass is 221 g/mol. The summed E-state index contributed by atoms with van der Waals surface area (Å²) in [4.78, 5) is 17.4. The van der Waals surface area contributed by atoms with Gasteiger partial charge in [0.15, 0.2) is 0 Å².